The van der Waals surface area contributed by atoms with Crippen molar-refractivity contribution >= 4 is 0 Å². The molecule has 1 aromatic rings. The van der Waals surface area contributed by atoms with Gasteiger partial charge in [0.2, 0.25) is 0 Å². The van der Waals surface area contributed by atoms with Gasteiger partial charge >= 0.3 is 29.6 Å². The largest absolute Gasteiger partial charge is 1.00 e. The monoisotopic (exact) mass is 144 g/mol. The van der Waals surface area contributed by atoms with E-state index in [1.807, 2.05) is 0 Å². The third-order valence-corrected chi connectivity index (χ3v) is 0.960. The fourth-order valence-corrected chi connectivity index (χ4v) is 0.514. The van der Waals surface area contributed by atoms with Gasteiger partial charge in [-0.1, -0.05) is 30.0 Å². The predicted molar refractivity (Wildman–Crippen MR) is 32.2 cm³/mol. The van der Waals surface area contributed by atoms with Gasteiger partial charge in [0.05, 0.1) is 0 Å². The van der Waals surface area contributed by atoms with E-state index in [0.717, 1.165) is 0 Å². The molecule has 0 amide bonds. The Morgan fingerprint density at radius 3 is 2.40 bits per heavy atom. The molecule has 0 spiro atoms. The summed E-state index contributed by atoms with van der Waals surface area (Å²) in [5.41, 5.74) is -0.458. The van der Waals surface area contributed by atoms with Crippen molar-refractivity contribution in [2.75, 3.05) is 0 Å². The van der Waals surface area contributed by atoms with Crippen molar-refractivity contribution in [3.8, 4) is 5.75 Å². The Bertz CT molecular complexity index is 259. The zero-order valence-corrected chi connectivity index (χ0v) is 7.70. The third kappa shape index (κ3) is 2.52. The first kappa shape index (κ1) is 9.69. The summed E-state index contributed by atoms with van der Waals surface area (Å²) in [6.45, 7) is 0. The molecule has 1 aromatic carbocycles. The molecular weight excluding hydrogens is 139 g/mol. The normalized spacial score (nSPS) is 8.00. The van der Waals surface area contributed by atoms with Crippen LogP contribution < -0.4 is 40.1 Å². The topological polar surface area (TPSA) is 40.1 Å². The molecule has 10 heavy (non-hydrogen) atoms. The molecule has 0 radical (unpaired) electrons. The van der Waals surface area contributed by atoms with E-state index in [1.165, 1.54) is 12.1 Å². The smallest absolute Gasteiger partial charge is 0.870 e. The average Bonchev–Trinajstić information content (AvgIpc) is 1.99. The van der Waals surface area contributed by atoms with E-state index in [4.69, 9.17) is 0 Å². The molecule has 0 unspecified atom stereocenters. The van der Waals surface area contributed by atoms with Crippen LogP contribution >= 0.6 is 0 Å². The SMILES string of the molecule is O=c1cccccc1[O-].[Na+]. The van der Waals surface area contributed by atoms with E-state index in [0.29, 0.717) is 0 Å². The van der Waals surface area contributed by atoms with Crippen molar-refractivity contribution in [1.29, 1.82) is 0 Å². The van der Waals surface area contributed by atoms with Crippen LogP contribution in [0.3, 0.4) is 0 Å². The molecule has 0 heterocycles. The van der Waals surface area contributed by atoms with E-state index in [1.54, 1.807) is 18.2 Å². The quantitative estimate of drug-likeness (QED) is 0.367. The minimum atomic E-state index is -0.458. The molecule has 0 bridgehead atoms. The van der Waals surface area contributed by atoms with E-state index in [-0.39, 0.29) is 29.6 Å². The maximum atomic E-state index is 10.5. The molecule has 1 rings (SSSR count). The minimum Gasteiger partial charge on any atom is -0.870 e. The van der Waals surface area contributed by atoms with E-state index >= 15 is 0 Å². The summed E-state index contributed by atoms with van der Waals surface area (Å²) < 4.78 is 0. The third-order valence-electron chi connectivity index (χ3n) is 0.960. The molecule has 46 valence electrons. The van der Waals surface area contributed by atoms with Crippen molar-refractivity contribution in [2.24, 2.45) is 0 Å². The van der Waals surface area contributed by atoms with Crippen LogP contribution in [-0.2, 0) is 0 Å². The minimum absolute atomic E-state index is 0. The summed E-state index contributed by atoms with van der Waals surface area (Å²) >= 11 is 0. The van der Waals surface area contributed by atoms with Crippen LogP contribution in [-0.4, -0.2) is 0 Å². The molecule has 0 saturated heterocycles. The fraction of sp³-hybridized carbons (Fsp3) is 0. The van der Waals surface area contributed by atoms with Crippen LogP contribution in [0.2, 0.25) is 0 Å². The van der Waals surface area contributed by atoms with Crippen molar-refractivity contribution in [3.05, 3.63) is 40.6 Å². The second-order valence-electron chi connectivity index (χ2n) is 1.64. The van der Waals surface area contributed by atoms with Gasteiger partial charge in [-0.3, -0.25) is 4.79 Å². The summed E-state index contributed by atoms with van der Waals surface area (Å²) in [5.74, 6) is -0.458. The summed E-state index contributed by atoms with van der Waals surface area (Å²) in [6, 6.07) is 7.24. The van der Waals surface area contributed by atoms with Gasteiger partial charge < -0.3 is 5.11 Å². The zero-order valence-electron chi connectivity index (χ0n) is 5.70. The molecule has 2 nitrogen and oxygen atoms in total. The van der Waals surface area contributed by atoms with Gasteiger partial charge in [-0.25, -0.2) is 0 Å². The van der Waals surface area contributed by atoms with Gasteiger partial charge in [-0.2, -0.15) is 0 Å². The fourth-order valence-electron chi connectivity index (χ4n) is 0.514. The van der Waals surface area contributed by atoms with Crippen LogP contribution in [0.1, 0.15) is 0 Å². The number of hydrogen-bond acceptors (Lipinski definition) is 2. The molecule has 0 aliphatic heterocycles. The first-order valence-electron chi connectivity index (χ1n) is 2.57. The average molecular weight is 144 g/mol. The van der Waals surface area contributed by atoms with Gasteiger partial charge in [-0.15, -0.1) is 0 Å². The van der Waals surface area contributed by atoms with Crippen LogP contribution in [0.4, 0.5) is 0 Å². The Morgan fingerprint density at radius 2 is 1.70 bits per heavy atom. The molecule has 3 heteroatoms. The summed E-state index contributed by atoms with van der Waals surface area (Å²) in [6.07, 6.45) is 0. The van der Waals surface area contributed by atoms with Gasteiger partial charge in [0, 0.05) is 0 Å². The standard InChI is InChI=1S/C7H6O2.Na/c8-6-4-2-1-3-5-7(6)9;/h1-5H,(H,8,9);/q;+1/p-1. The van der Waals surface area contributed by atoms with Gasteiger partial charge in [0.15, 0.2) is 5.43 Å². The molecule has 0 aliphatic carbocycles. The number of rotatable bonds is 0. The van der Waals surface area contributed by atoms with Crippen LogP contribution in [0.5, 0.6) is 5.75 Å². The first-order chi connectivity index (χ1) is 4.30. The van der Waals surface area contributed by atoms with Gasteiger partial charge in [-0.05, 0) is 6.07 Å². The Balaban J connectivity index is 0.000000810. The molecule has 0 saturated carbocycles. The Hall–Kier alpha value is -0.310. The van der Waals surface area contributed by atoms with E-state index in [9.17, 15) is 9.90 Å². The summed E-state index contributed by atoms with van der Waals surface area (Å²) in [7, 11) is 0. The van der Waals surface area contributed by atoms with Gasteiger partial charge in [0.1, 0.15) is 0 Å². The maximum absolute atomic E-state index is 10.5. The molecule has 0 N–H and O–H groups in total. The molecule has 0 fully saturated rings. The Morgan fingerprint density at radius 1 is 1.10 bits per heavy atom. The van der Waals surface area contributed by atoms with Crippen LogP contribution in [0.25, 0.3) is 0 Å². The molecule has 0 aliphatic rings. The first-order valence-corrected chi connectivity index (χ1v) is 2.57. The second-order valence-corrected chi connectivity index (χ2v) is 1.64. The van der Waals surface area contributed by atoms with Crippen LogP contribution in [0.15, 0.2) is 35.1 Å². The van der Waals surface area contributed by atoms with Crippen molar-refractivity contribution in [1.82, 2.24) is 0 Å². The maximum Gasteiger partial charge on any atom is 1.00 e. The van der Waals surface area contributed by atoms with Crippen LogP contribution in [0, 0.1) is 0 Å². The summed E-state index contributed by atoms with van der Waals surface area (Å²) in [5, 5.41) is 10.5. The van der Waals surface area contributed by atoms with E-state index in [2.05, 4.69) is 0 Å². The van der Waals surface area contributed by atoms with Crippen molar-refractivity contribution in [3.63, 3.8) is 0 Å². The molecule has 0 atom stereocenters. The number of hydrogen-bond donors (Lipinski definition) is 0. The van der Waals surface area contributed by atoms with Crippen molar-refractivity contribution in [2.45, 2.75) is 0 Å². The van der Waals surface area contributed by atoms with Crippen molar-refractivity contribution < 1.29 is 34.7 Å². The predicted octanol–water partition coefficient (Wildman–Crippen LogP) is -2.88. The zero-order chi connectivity index (χ0) is 6.69. The molecular formula is C7H5NaO2. The Labute approximate surface area is 80.8 Å². The van der Waals surface area contributed by atoms with Gasteiger partial charge in [0.25, 0.3) is 0 Å². The molecule has 0 aromatic heterocycles. The summed E-state index contributed by atoms with van der Waals surface area (Å²) in [4.78, 5) is 10.5. The second kappa shape index (κ2) is 4.50. The van der Waals surface area contributed by atoms with E-state index < -0.39 is 11.2 Å². The Kier molecular flexibility index (Phi) is 4.36.